The van der Waals surface area contributed by atoms with Crippen LogP contribution in [0.15, 0.2) is 36.4 Å². The van der Waals surface area contributed by atoms with Crippen LogP contribution in [0.2, 0.25) is 0 Å². The zero-order valence-electron chi connectivity index (χ0n) is 15.7. The lowest BCUT2D eigenvalue weighted by Gasteiger charge is -2.14. The second kappa shape index (κ2) is 6.58. The third-order valence-electron chi connectivity index (χ3n) is 5.36. The van der Waals surface area contributed by atoms with Crippen LogP contribution in [0.5, 0.6) is 0 Å². The molecule has 0 bridgehead atoms. The van der Waals surface area contributed by atoms with E-state index in [-0.39, 0.29) is 11.9 Å². The van der Waals surface area contributed by atoms with Crippen molar-refractivity contribution < 1.29 is 19.1 Å². The van der Waals surface area contributed by atoms with Gasteiger partial charge in [0.25, 0.3) is 0 Å². The molecule has 0 fully saturated rings. The maximum atomic E-state index is 12.2. The molecule has 0 unspecified atom stereocenters. The Morgan fingerprint density at radius 1 is 1.00 bits per heavy atom. The Morgan fingerprint density at radius 3 is 2.52 bits per heavy atom. The minimum Gasteiger partial charge on any atom is -0.465 e. The molecule has 0 saturated heterocycles. The molecular formula is C22H21NO4. The topological polar surface area (TPSA) is 57.5 Å². The number of fused-ring (bicyclic) bond motifs is 5. The summed E-state index contributed by atoms with van der Waals surface area (Å²) in [7, 11) is 2.79. The van der Waals surface area contributed by atoms with Crippen LogP contribution in [0.3, 0.4) is 0 Å². The number of carbonyl (C=O) groups is 2. The molecule has 4 rings (SSSR count). The number of ether oxygens (including phenoxy) is 2. The molecule has 1 aliphatic rings. The monoisotopic (exact) mass is 363 g/mol. The van der Waals surface area contributed by atoms with Crippen molar-refractivity contribution in [2.45, 2.75) is 26.3 Å². The number of carbonyl (C=O) groups excluding carboxylic acids is 2. The highest BCUT2D eigenvalue weighted by atomic mass is 16.5. The fraction of sp³-hybridized carbons (Fsp3) is 0.273. The fourth-order valence-corrected chi connectivity index (χ4v) is 4.06. The van der Waals surface area contributed by atoms with Crippen molar-refractivity contribution in [1.29, 1.82) is 0 Å². The summed E-state index contributed by atoms with van der Waals surface area (Å²) in [5.74, 6) is -0.668. The van der Waals surface area contributed by atoms with Crippen LogP contribution in [0.4, 0.5) is 0 Å². The van der Waals surface area contributed by atoms with Gasteiger partial charge in [-0.1, -0.05) is 6.07 Å². The van der Waals surface area contributed by atoms with E-state index < -0.39 is 0 Å². The first-order chi connectivity index (χ1) is 13.0. The molecule has 3 aromatic rings. The number of hydrogen-bond acceptors (Lipinski definition) is 4. The molecule has 2 heterocycles. The molecule has 0 atom stereocenters. The van der Waals surface area contributed by atoms with Crippen LogP contribution in [0.25, 0.3) is 22.2 Å². The summed E-state index contributed by atoms with van der Waals surface area (Å²) in [5.41, 5.74) is 6.52. The molecule has 5 nitrogen and oxygen atoms in total. The van der Waals surface area contributed by atoms with Gasteiger partial charge >= 0.3 is 11.9 Å². The summed E-state index contributed by atoms with van der Waals surface area (Å²) >= 11 is 0. The van der Waals surface area contributed by atoms with E-state index in [9.17, 15) is 9.59 Å². The summed E-state index contributed by atoms with van der Waals surface area (Å²) in [4.78, 5) is 24.0. The van der Waals surface area contributed by atoms with Crippen LogP contribution in [0, 0.1) is 6.92 Å². The number of nitrogens with zero attached hydrogens (tertiary/aromatic N) is 1. The summed E-state index contributed by atoms with van der Waals surface area (Å²) in [6, 6.07) is 11.6. The third-order valence-corrected chi connectivity index (χ3v) is 5.36. The first-order valence-corrected chi connectivity index (χ1v) is 8.98. The first kappa shape index (κ1) is 17.3. The highest BCUT2D eigenvalue weighted by Crippen LogP contribution is 2.37. The van der Waals surface area contributed by atoms with Gasteiger partial charge in [0.1, 0.15) is 0 Å². The minimum atomic E-state index is -0.345. The molecule has 5 heteroatoms. The number of esters is 2. The lowest BCUT2D eigenvalue weighted by molar-refractivity contribution is 0.0591. The first-order valence-electron chi connectivity index (χ1n) is 8.98. The molecule has 0 amide bonds. The number of aryl methyl sites for hydroxylation is 2. The Hall–Kier alpha value is -3.08. The Labute approximate surface area is 157 Å². The van der Waals surface area contributed by atoms with Gasteiger partial charge in [0.2, 0.25) is 0 Å². The van der Waals surface area contributed by atoms with Crippen molar-refractivity contribution in [3.63, 3.8) is 0 Å². The zero-order valence-corrected chi connectivity index (χ0v) is 15.7. The fourth-order valence-electron chi connectivity index (χ4n) is 4.06. The number of benzene rings is 2. The summed E-state index contributed by atoms with van der Waals surface area (Å²) in [5, 5.41) is 0.989. The van der Waals surface area contributed by atoms with Crippen molar-refractivity contribution in [3.05, 3.63) is 58.7 Å². The number of methoxy groups -OCH3 is 2. The van der Waals surface area contributed by atoms with E-state index in [0.29, 0.717) is 11.1 Å². The van der Waals surface area contributed by atoms with Gasteiger partial charge in [-0.2, -0.15) is 0 Å². The number of hydrogen-bond donors (Lipinski definition) is 0. The lowest BCUT2D eigenvalue weighted by Crippen LogP contribution is -2.06. The summed E-state index contributed by atoms with van der Waals surface area (Å²) in [6.45, 7) is 2.86. The van der Waals surface area contributed by atoms with Gasteiger partial charge in [-0.05, 0) is 61.2 Å². The van der Waals surface area contributed by atoms with Gasteiger partial charge in [0, 0.05) is 28.7 Å². The smallest absolute Gasteiger partial charge is 0.338 e. The van der Waals surface area contributed by atoms with Crippen molar-refractivity contribution in [2.24, 2.45) is 0 Å². The minimum absolute atomic E-state index is 0.324. The van der Waals surface area contributed by atoms with E-state index in [4.69, 9.17) is 9.47 Å². The highest BCUT2D eigenvalue weighted by molar-refractivity contribution is 5.98. The van der Waals surface area contributed by atoms with Crippen LogP contribution >= 0.6 is 0 Å². The largest absolute Gasteiger partial charge is 0.465 e. The summed E-state index contributed by atoms with van der Waals surface area (Å²) in [6.07, 6.45) is 1.97. The Kier molecular flexibility index (Phi) is 4.22. The molecule has 0 aliphatic carbocycles. The van der Waals surface area contributed by atoms with E-state index in [1.54, 1.807) is 6.07 Å². The van der Waals surface area contributed by atoms with Crippen molar-refractivity contribution >= 4 is 22.8 Å². The second-order valence-corrected chi connectivity index (χ2v) is 6.81. The Morgan fingerprint density at radius 2 is 1.78 bits per heavy atom. The molecule has 0 N–H and O–H groups in total. The van der Waals surface area contributed by atoms with Gasteiger partial charge in [0.15, 0.2) is 0 Å². The quantitative estimate of drug-likeness (QED) is 0.642. The maximum Gasteiger partial charge on any atom is 0.338 e. The number of rotatable bonds is 2. The molecule has 0 radical (unpaired) electrons. The molecule has 0 spiro atoms. The SMILES string of the molecule is COC(=O)c1ccc2c(c1)cc1n2CCCc2ccc(C(=O)OC)c(C)c2-1. The van der Waals surface area contributed by atoms with Gasteiger partial charge in [-0.3, -0.25) is 0 Å². The highest BCUT2D eigenvalue weighted by Gasteiger charge is 2.23. The molecule has 138 valence electrons. The predicted molar refractivity (Wildman–Crippen MR) is 103 cm³/mol. The van der Waals surface area contributed by atoms with Gasteiger partial charge in [-0.15, -0.1) is 0 Å². The van der Waals surface area contributed by atoms with E-state index in [2.05, 4.69) is 10.6 Å². The van der Waals surface area contributed by atoms with Gasteiger partial charge in [0.05, 0.1) is 25.3 Å². The molecule has 27 heavy (non-hydrogen) atoms. The van der Waals surface area contributed by atoms with Crippen molar-refractivity contribution in [1.82, 2.24) is 4.57 Å². The van der Waals surface area contributed by atoms with Crippen LogP contribution in [0.1, 0.15) is 38.3 Å². The van der Waals surface area contributed by atoms with E-state index in [0.717, 1.165) is 47.1 Å². The van der Waals surface area contributed by atoms with Gasteiger partial charge < -0.3 is 14.0 Å². The second-order valence-electron chi connectivity index (χ2n) is 6.81. The number of aromatic nitrogens is 1. The van der Waals surface area contributed by atoms with Crippen molar-refractivity contribution in [2.75, 3.05) is 14.2 Å². The van der Waals surface area contributed by atoms with Crippen molar-refractivity contribution in [3.8, 4) is 11.3 Å². The average molecular weight is 363 g/mol. The molecule has 1 aliphatic heterocycles. The molecule has 2 aromatic carbocycles. The maximum absolute atomic E-state index is 12.2. The molecular weight excluding hydrogens is 342 g/mol. The third kappa shape index (κ3) is 2.70. The van der Waals surface area contributed by atoms with E-state index >= 15 is 0 Å². The van der Waals surface area contributed by atoms with E-state index in [1.165, 1.54) is 19.8 Å². The Bertz CT molecular complexity index is 1080. The van der Waals surface area contributed by atoms with Crippen LogP contribution < -0.4 is 0 Å². The predicted octanol–water partition coefficient (Wildman–Crippen LogP) is 4.14. The van der Waals surface area contributed by atoms with Gasteiger partial charge in [-0.25, -0.2) is 9.59 Å². The zero-order chi connectivity index (χ0) is 19.1. The normalized spacial score (nSPS) is 12.9. The molecule has 0 saturated carbocycles. The van der Waals surface area contributed by atoms with E-state index in [1.807, 2.05) is 31.2 Å². The standard InChI is InChI=1S/C22H21NO4/c1-13-17(22(25)27-3)8-6-14-5-4-10-23-18-9-7-15(21(24)26-2)11-16(18)12-19(23)20(13)14/h6-9,11-12H,4-5,10H2,1-3H3. The molecule has 1 aromatic heterocycles. The van der Waals surface area contributed by atoms with Crippen LogP contribution in [-0.2, 0) is 22.4 Å². The average Bonchev–Trinajstić information content (AvgIpc) is 2.93. The summed E-state index contributed by atoms with van der Waals surface area (Å²) < 4.78 is 12.1. The van der Waals surface area contributed by atoms with Crippen LogP contribution in [-0.4, -0.2) is 30.7 Å². The Balaban J connectivity index is 1.97. The lowest BCUT2D eigenvalue weighted by atomic mass is 9.93.